The van der Waals surface area contributed by atoms with Gasteiger partial charge < -0.3 is 11.1 Å². The van der Waals surface area contributed by atoms with Crippen molar-refractivity contribution in [2.45, 2.75) is 26.3 Å². The standard InChI is InChI=1S/C16H22N4O/c1-12(2)16(3,11-17)19-15(21)13-9-18-20(10-13)14-7-5-4-6-8-14/h4-10,12H,11,17H2,1-3H3,(H,19,21). The van der Waals surface area contributed by atoms with Crippen LogP contribution in [-0.4, -0.2) is 27.8 Å². The van der Waals surface area contributed by atoms with Gasteiger partial charge in [0.15, 0.2) is 0 Å². The van der Waals surface area contributed by atoms with Crippen LogP contribution in [0.5, 0.6) is 0 Å². The van der Waals surface area contributed by atoms with Gasteiger partial charge in [-0.25, -0.2) is 4.68 Å². The first-order valence-electron chi connectivity index (χ1n) is 7.09. The summed E-state index contributed by atoms with van der Waals surface area (Å²) in [5.41, 5.74) is 6.82. The molecular weight excluding hydrogens is 264 g/mol. The number of nitrogens with two attached hydrogens (primary N) is 1. The van der Waals surface area contributed by atoms with Crippen LogP contribution in [0.15, 0.2) is 42.7 Å². The van der Waals surface area contributed by atoms with E-state index in [1.54, 1.807) is 17.1 Å². The van der Waals surface area contributed by atoms with Gasteiger partial charge >= 0.3 is 0 Å². The summed E-state index contributed by atoms with van der Waals surface area (Å²) in [5.74, 6) is 0.0921. The van der Waals surface area contributed by atoms with E-state index in [1.807, 2.05) is 51.1 Å². The Hall–Kier alpha value is -2.14. The van der Waals surface area contributed by atoms with E-state index in [2.05, 4.69) is 10.4 Å². The predicted molar refractivity (Wildman–Crippen MR) is 83.3 cm³/mol. The normalized spacial score (nSPS) is 14.0. The molecule has 2 aromatic rings. The highest BCUT2D eigenvalue weighted by atomic mass is 16.1. The zero-order chi connectivity index (χ0) is 15.5. The summed E-state index contributed by atoms with van der Waals surface area (Å²) in [7, 11) is 0. The minimum absolute atomic E-state index is 0.154. The monoisotopic (exact) mass is 286 g/mol. The minimum atomic E-state index is -0.425. The molecular formula is C16H22N4O. The third-order valence-electron chi connectivity index (χ3n) is 3.96. The second-order valence-electron chi connectivity index (χ2n) is 5.74. The molecule has 0 spiro atoms. The number of amides is 1. The Morgan fingerprint density at radius 3 is 2.62 bits per heavy atom. The van der Waals surface area contributed by atoms with Crippen LogP contribution < -0.4 is 11.1 Å². The van der Waals surface area contributed by atoms with Gasteiger partial charge in [-0.15, -0.1) is 0 Å². The molecule has 0 aliphatic rings. The van der Waals surface area contributed by atoms with E-state index >= 15 is 0 Å². The van der Waals surface area contributed by atoms with Gasteiger partial charge in [0, 0.05) is 12.7 Å². The van der Waals surface area contributed by atoms with E-state index in [-0.39, 0.29) is 11.8 Å². The summed E-state index contributed by atoms with van der Waals surface area (Å²) in [6.45, 7) is 6.43. The van der Waals surface area contributed by atoms with Gasteiger partial charge in [0.05, 0.1) is 23.0 Å². The molecule has 0 bridgehead atoms. The van der Waals surface area contributed by atoms with Crippen molar-refractivity contribution in [2.24, 2.45) is 11.7 Å². The third-order valence-corrected chi connectivity index (χ3v) is 3.96. The molecule has 1 heterocycles. The predicted octanol–water partition coefficient (Wildman–Crippen LogP) is 1.98. The Bertz CT molecular complexity index is 606. The van der Waals surface area contributed by atoms with Crippen molar-refractivity contribution in [1.82, 2.24) is 15.1 Å². The molecule has 1 aromatic heterocycles. The van der Waals surface area contributed by atoms with Gasteiger partial charge in [0.25, 0.3) is 5.91 Å². The summed E-state index contributed by atoms with van der Waals surface area (Å²) in [6, 6.07) is 9.68. The van der Waals surface area contributed by atoms with Crippen LogP contribution in [0, 0.1) is 5.92 Å². The zero-order valence-electron chi connectivity index (χ0n) is 12.7. The number of benzene rings is 1. The molecule has 0 saturated heterocycles. The summed E-state index contributed by atoms with van der Waals surface area (Å²) in [5, 5.41) is 7.24. The maximum absolute atomic E-state index is 12.3. The van der Waals surface area contributed by atoms with E-state index in [0.29, 0.717) is 12.1 Å². The van der Waals surface area contributed by atoms with Crippen molar-refractivity contribution in [3.63, 3.8) is 0 Å². The number of aromatic nitrogens is 2. The van der Waals surface area contributed by atoms with Crippen LogP contribution in [0.1, 0.15) is 31.1 Å². The zero-order valence-corrected chi connectivity index (χ0v) is 12.7. The number of rotatable bonds is 5. The quantitative estimate of drug-likeness (QED) is 0.882. The number of nitrogens with one attached hydrogen (secondary N) is 1. The molecule has 1 amide bonds. The van der Waals surface area contributed by atoms with Crippen molar-refractivity contribution >= 4 is 5.91 Å². The highest BCUT2D eigenvalue weighted by Crippen LogP contribution is 2.16. The van der Waals surface area contributed by atoms with E-state index in [4.69, 9.17) is 5.73 Å². The van der Waals surface area contributed by atoms with Crippen molar-refractivity contribution in [3.05, 3.63) is 48.3 Å². The van der Waals surface area contributed by atoms with Crippen LogP contribution in [0.25, 0.3) is 5.69 Å². The van der Waals surface area contributed by atoms with Gasteiger partial charge in [-0.2, -0.15) is 5.10 Å². The number of hydrogen-bond acceptors (Lipinski definition) is 3. The van der Waals surface area contributed by atoms with Crippen molar-refractivity contribution in [2.75, 3.05) is 6.54 Å². The van der Waals surface area contributed by atoms with Gasteiger partial charge in [0.1, 0.15) is 0 Å². The maximum Gasteiger partial charge on any atom is 0.254 e. The summed E-state index contributed by atoms with van der Waals surface area (Å²) in [4.78, 5) is 12.3. The SMILES string of the molecule is CC(C)C(C)(CN)NC(=O)c1cnn(-c2ccccc2)c1. The first-order chi connectivity index (χ1) is 9.96. The summed E-state index contributed by atoms with van der Waals surface area (Å²) < 4.78 is 1.68. The van der Waals surface area contributed by atoms with Gasteiger partial charge in [0.2, 0.25) is 0 Å². The summed E-state index contributed by atoms with van der Waals surface area (Å²) in [6.07, 6.45) is 3.29. The number of para-hydroxylation sites is 1. The van der Waals surface area contributed by atoms with E-state index in [0.717, 1.165) is 5.69 Å². The number of carbonyl (C=O) groups excluding carboxylic acids is 1. The fraction of sp³-hybridized carbons (Fsp3) is 0.375. The largest absolute Gasteiger partial charge is 0.345 e. The van der Waals surface area contributed by atoms with Crippen LogP contribution in [0.2, 0.25) is 0 Å². The molecule has 0 radical (unpaired) electrons. The number of nitrogens with zero attached hydrogens (tertiary/aromatic N) is 2. The molecule has 1 unspecified atom stereocenters. The van der Waals surface area contributed by atoms with E-state index in [1.165, 1.54) is 0 Å². The average molecular weight is 286 g/mol. The highest BCUT2D eigenvalue weighted by molar-refractivity contribution is 5.94. The van der Waals surface area contributed by atoms with Gasteiger partial charge in [-0.05, 0) is 25.0 Å². The highest BCUT2D eigenvalue weighted by Gasteiger charge is 2.29. The Balaban J connectivity index is 2.16. The third kappa shape index (κ3) is 3.31. The van der Waals surface area contributed by atoms with Crippen molar-refractivity contribution < 1.29 is 4.79 Å². The van der Waals surface area contributed by atoms with Gasteiger partial charge in [-0.3, -0.25) is 4.79 Å². The molecule has 112 valence electrons. The Morgan fingerprint density at radius 2 is 2.05 bits per heavy atom. The second-order valence-corrected chi connectivity index (χ2v) is 5.74. The molecule has 1 atom stereocenters. The van der Waals surface area contributed by atoms with Crippen LogP contribution in [0.4, 0.5) is 0 Å². The molecule has 0 aliphatic heterocycles. The molecule has 0 aliphatic carbocycles. The summed E-state index contributed by atoms with van der Waals surface area (Å²) >= 11 is 0. The fourth-order valence-electron chi connectivity index (χ4n) is 1.92. The topological polar surface area (TPSA) is 72.9 Å². The molecule has 5 nitrogen and oxygen atoms in total. The number of carbonyl (C=O) groups is 1. The van der Waals surface area contributed by atoms with Crippen molar-refractivity contribution in [1.29, 1.82) is 0 Å². The molecule has 1 aromatic carbocycles. The molecule has 21 heavy (non-hydrogen) atoms. The van der Waals surface area contributed by atoms with Crippen LogP contribution in [-0.2, 0) is 0 Å². The lowest BCUT2D eigenvalue weighted by Gasteiger charge is -2.33. The molecule has 0 fully saturated rings. The lowest BCUT2D eigenvalue weighted by Crippen LogP contribution is -2.54. The fourth-order valence-corrected chi connectivity index (χ4v) is 1.92. The molecule has 0 saturated carbocycles. The second kappa shape index (κ2) is 6.10. The molecule has 5 heteroatoms. The Labute approximate surface area is 125 Å². The first kappa shape index (κ1) is 15.3. The lowest BCUT2D eigenvalue weighted by atomic mass is 9.88. The maximum atomic E-state index is 12.3. The van der Waals surface area contributed by atoms with Crippen molar-refractivity contribution in [3.8, 4) is 5.69 Å². The minimum Gasteiger partial charge on any atom is -0.345 e. The lowest BCUT2D eigenvalue weighted by molar-refractivity contribution is 0.0883. The van der Waals surface area contributed by atoms with Crippen LogP contribution >= 0.6 is 0 Å². The van der Waals surface area contributed by atoms with Crippen LogP contribution in [0.3, 0.4) is 0 Å². The first-order valence-corrected chi connectivity index (χ1v) is 7.09. The molecule has 3 N–H and O–H groups in total. The van der Waals surface area contributed by atoms with E-state index in [9.17, 15) is 4.79 Å². The average Bonchev–Trinajstić information content (AvgIpc) is 2.97. The van der Waals surface area contributed by atoms with Gasteiger partial charge in [-0.1, -0.05) is 32.0 Å². The Kier molecular flexibility index (Phi) is 4.43. The Morgan fingerprint density at radius 1 is 1.38 bits per heavy atom. The number of hydrogen-bond donors (Lipinski definition) is 2. The van der Waals surface area contributed by atoms with E-state index < -0.39 is 5.54 Å². The smallest absolute Gasteiger partial charge is 0.254 e. The molecule has 2 rings (SSSR count).